The molecule has 4 nitrogen and oxygen atoms in total. The second-order valence-corrected chi connectivity index (χ2v) is 9.24. The molecule has 0 atom stereocenters. The molecule has 0 N–H and O–H groups in total. The molecule has 5 aromatic rings. The van der Waals surface area contributed by atoms with Crippen LogP contribution in [-0.4, -0.2) is 9.38 Å². The average Bonchev–Trinajstić information content (AvgIpc) is 3.34. The van der Waals surface area contributed by atoms with Gasteiger partial charge >= 0.3 is 0 Å². The molecule has 6 rings (SSSR count). The van der Waals surface area contributed by atoms with Gasteiger partial charge in [-0.25, -0.2) is 0 Å². The van der Waals surface area contributed by atoms with Gasteiger partial charge < -0.3 is 4.74 Å². The summed E-state index contributed by atoms with van der Waals surface area (Å²) in [5.41, 5.74) is 5.13. The van der Waals surface area contributed by atoms with Gasteiger partial charge in [-0.15, -0.1) is 0 Å². The fraction of sp³-hybridized carbons (Fsp3) is 0.154. The van der Waals surface area contributed by atoms with Crippen LogP contribution in [0.15, 0.2) is 77.6 Å². The average molecular weight is 425 g/mol. The number of hydrogen-bond acceptors (Lipinski definition) is 4. The zero-order valence-electron chi connectivity index (χ0n) is 17.3. The number of nitrogens with zero attached hydrogens (tertiary/aromatic N) is 2. The smallest absolute Gasteiger partial charge is 0.266 e. The molecule has 0 radical (unpaired) electrons. The lowest BCUT2D eigenvalue weighted by molar-refractivity contribution is 0.135. The Kier molecular flexibility index (Phi) is 3.86. The van der Waals surface area contributed by atoms with E-state index in [1.807, 2.05) is 24.3 Å². The number of hydrogen-bond donors (Lipinski definition) is 0. The minimum atomic E-state index is -0.768. The van der Waals surface area contributed by atoms with Gasteiger partial charge in [-0.3, -0.25) is 9.20 Å². The van der Waals surface area contributed by atoms with E-state index in [1.54, 1.807) is 4.40 Å². The van der Waals surface area contributed by atoms with E-state index in [0.29, 0.717) is 22.8 Å². The van der Waals surface area contributed by atoms with Crippen LogP contribution in [0.2, 0.25) is 0 Å². The molecule has 0 bridgehead atoms. The lowest BCUT2D eigenvalue weighted by atomic mass is 9.82. The van der Waals surface area contributed by atoms with Crippen molar-refractivity contribution >= 4 is 26.5 Å². The lowest BCUT2D eigenvalue weighted by Crippen LogP contribution is -2.33. The molecule has 2 aromatic heterocycles. The first kappa shape index (κ1) is 18.3. The monoisotopic (exact) mass is 424 g/mol. The number of para-hydroxylation sites is 1. The van der Waals surface area contributed by atoms with Crippen molar-refractivity contribution in [1.29, 1.82) is 0 Å². The topological polar surface area (TPSA) is 43.6 Å². The molecule has 0 saturated heterocycles. The van der Waals surface area contributed by atoms with E-state index in [9.17, 15) is 4.79 Å². The van der Waals surface area contributed by atoms with Crippen LogP contribution in [-0.2, 0) is 12.0 Å². The molecule has 152 valence electrons. The maximum absolute atomic E-state index is 13.6. The van der Waals surface area contributed by atoms with E-state index >= 15 is 0 Å². The van der Waals surface area contributed by atoms with Crippen LogP contribution in [0.4, 0.5) is 0 Å². The quantitative estimate of drug-likeness (QED) is 0.381. The highest BCUT2D eigenvalue weighted by Crippen LogP contribution is 2.44. The van der Waals surface area contributed by atoms with Crippen LogP contribution in [0.25, 0.3) is 15.2 Å². The van der Waals surface area contributed by atoms with E-state index in [0.717, 1.165) is 21.3 Å². The van der Waals surface area contributed by atoms with E-state index < -0.39 is 5.60 Å². The van der Waals surface area contributed by atoms with Crippen LogP contribution in [0, 0.1) is 13.8 Å². The second-order valence-electron chi connectivity index (χ2n) is 8.23. The van der Waals surface area contributed by atoms with Gasteiger partial charge in [0.2, 0.25) is 10.8 Å². The zero-order valence-corrected chi connectivity index (χ0v) is 18.1. The minimum Gasteiger partial charge on any atom is -0.460 e. The molecule has 1 aliphatic rings. The van der Waals surface area contributed by atoms with Crippen molar-refractivity contribution in [1.82, 2.24) is 9.38 Å². The molecular formula is C26H20N2O2S. The molecule has 0 unspecified atom stereocenters. The summed E-state index contributed by atoms with van der Waals surface area (Å²) in [4.78, 5) is 19.1. The summed E-state index contributed by atoms with van der Waals surface area (Å²) in [6.45, 7) is 4.14. The molecule has 5 heteroatoms. The van der Waals surface area contributed by atoms with Crippen LogP contribution in [0.5, 0.6) is 5.88 Å². The summed E-state index contributed by atoms with van der Waals surface area (Å²) in [5, 5.41) is 0. The lowest BCUT2D eigenvalue weighted by Gasteiger charge is -2.30. The number of aryl methyl sites for hydroxylation is 2. The molecule has 3 aromatic carbocycles. The van der Waals surface area contributed by atoms with Gasteiger partial charge in [0.1, 0.15) is 0 Å². The maximum Gasteiger partial charge on any atom is 0.266 e. The van der Waals surface area contributed by atoms with Crippen molar-refractivity contribution in [2.75, 3.05) is 0 Å². The Bertz CT molecular complexity index is 1470. The molecule has 0 fully saturated rings. The van der Waals surface area contributed by atoms with Crippen molar-refractivity contribution < 1.29 is 4.74 Å². The molecule has 0 amide bonds. The fourth-order valence-electron chi connectivity index (χ4n) is 4.45. The summed E-state index contributed by atoms with van der Waals surface area (Å²) in [6, 6.07) is 24.6. The summed E-state index contributed by atoms with van der Waals surface area (Å²) >= 11 is 1.51. The number of aromatic nitrogens is 2. The van der Waals surface area contributed by atoms with Gasteiger partial charge in [-0.05, 0) is 26.0 Å². The Morgan fingerprint density at radius 2 is 1.52 bits per heavy atom. The highest BCUT2D eigenvalue weighted by molar-refractivity contribution is 7.23. The van der Waals surface area contributed by atoms with Crippen LogP contribution < -0.4 is 10.3 Å². The Balaban J connectivity index is 1.60. The van der Waals surface area contributed by atoms with Crippen molar-refractivity contribution in [3.8, 4) is 5.88 Å². The van der Waals surface area contributed by atoms with E-state index in [-0.39, 0.29) is 5.56 Å². The third kappa shape index (κ3) is 2.66. The van der Waals surface area contributed by atoms with Crippen LogP contribution in [0.1, 0.15) is 27.8 Å². The summed E-state index contributed by atoms with van der Waals surface area (Å²) in [5.74, 6) is 0.442. The molecule has 0 spiro atoms. The maximum atomic E-state index is 13.6. The SMILES string of the molecule is Cc1ccc(C2(c3ccc(C)cc3)Cc3c(nc4sc5ccccc5n4c3=O)O2)cc1. The summed E-state index contributed by atoms with van der Waals surface area (Å²) in [6.07, 6.45) is 0.452. The zero-order chi connectivity index (χ0) is 21.2. The van der Waals surface area contributed by atoms with E-state index in [2.05, 4.69) is 62.4 Å². The molecule has 0 aliphatic carbocycles. The standard InChI is InChI=1S/C26H20N2O2S/c1-16-7-11-18(12-8-16)26(19-13-9-17(2)10-14-19)15-20-23(30-26)27-25-28(24(20)29)21-5-3-4-6-22(21)31-25/h3-14H,15H2,1-2H3. The molecule has 31 heavy (non-hydrogen) atoms. The van der Waals surface area contributed by atoms with Gasteiger partial charge in [-0.2, -0.15) is 4.98 Å². The van der Waals surface area contributed by atoms with Gasteiger partial charge in [0, 0.05) is 17.5 Å². The third-order valence-corrected chi connectivity index (χ3v) is 7.17. The number of ether oxygens (including phenoxy) is 1. The number of thiazole rings is 1. The molecular weight excluding hydrogens is 404 g/mol. The third-order valence-electron chi connectivity index (χ3n) is 6.15. The Hall–Kier alpha value is -3.44. The Morgan fingerprint density at radius 3 is 2.16 bits per heavy atom. The largest absolute Gasteiger partial charge is 0.460 e. The first-order chi connectivity index (χ1) is 15.0. The fourth-order valence-corrected chi connectivity index (χ4v) is 5.45. The van der Waals surface area contributed by atoms with E-state index in [4.69, 9.17) is 9.72 Å². The highest BCUT2D eigenvalue weighted by atomic mass is 32.1. The predicted molar refractivity (Wildman–Crippen MR) is 124 cm³/mol. The summed E-state index contributed by atoms with van der Waals surface area (Å²) in [7, 11) is 0. The van der Waals surface area contributed by atoms with Crippen molar-refractivity contribution in [2.24, 2.45) is 0 Å². The van der Waals surface area contributed by atoms with Crippen molar-refractivity contribution in [3.63, 3.8) is 0 Å². The molecule has 1 aliphatic heterocycles. The second kappa shape index (κ2) is 6.53. The Labute approximate surface area is 183 Å². The first-order valence-electron chi connectivity index (χ1n) is 10.3. The summed E-state index contributed by atoms with van der Waals surface area (Å²) < 4.78 is 9.38. The van der Waals surface area contributed by atoms with E-state index in [1.165, 1.54) is 22.5 Å². The van der Waals surface area contributed by atoms with Crippen LogP contribution >= 0.6 is 11.3 Å². The number of rotatable bonds is 2. The highest BCUT2D eigenvalue weighted by Gasteiger charge is 2.45. The minimum absolute atomic E-state index is 0.0430. The number of benzene rings is 3. The predicted octanol–water partition coefficient (Wildman–Crippen LogP) is 5.40. The number of fused-ring (bicyclic) bond motifs is 4. The van der Waals surface area contributed by atoms with Crippen molar-refractivity contribution in [2.45, 2.75) is 25.9 Å². The van der Waals surface area contributed by atoms with Gasteiger partial charge in [0.05, 0.1) is 15.8 Å². The molecule has 0 saturated carbocycles. The van der Waals surface area contributed by atoms with Crippen molar-refractivity contribution in [3.05, 3.63) is 111 Å². The normalized spacial score (nSPS) is 14.6. The van der Waals surface area contributed by atoms with Crippen LogP contribution in [0.3, 0.4) is 0 Å². The Morgan fingerprint density at radius 1 is 0.903 bits per heavy atom. The van der Waals surface area contributed by atoms with Gasteiger partial charge in [-0.1, -0.05) is 83.1 Å². The molecule has 3 heterocycles. The van der Waals surface area contributed by atoms with Gasteiger partial charge in [0.25, 0.3) is 5.56 Å². The first-order valence-corrected chi connectivity index (χ1v) is 11.1. The van der Waals surface area contributed by atoms with Gasteiger partial charge in [0.15, 0.2) is 5.60 Å².